The first-order valence-corrected chi connectivity index (χ1v) is 9.27. The molecule has 144 valence electrons. The second-order valence-corrected chi connectivity index (χ2v) is 6.66. The van der Waals surface area contributed by atoms with Gasteiger partial charge in [0.1, 0.15) is 0 Å². The molecular formula is C23H24N2O3. The van der Waals surface area contributed by atoms with E-state index in [0.717, 1.165) is 29.5 Å². The van der Waals surface area contributed by atoms with Crippen molar-refractivity contribution in [2.45, 2.75) is 39.0 Å². The number of carbonyl (C=O) groups excluding carboxylic acids is 1. The van der Waals surface area contributed by atoms with Crippen LogP contribution in [0.15, 0.2) is 59.7 Å². The van der Waals surface area contributed by atoms with Crippen LogP contribution in [-0.4, -0.2) is 17.0 Å². The summed E-state index contributed by atoms with van der Waals surface area (Å²) >= 11 is 0. The molecule has 0 saturated carbocycles. The van der Waals surface area contributed by atoms with Gasteiger partial charge in [0, 0.05) is 18.4 Å². The highest BCUT2D eigenvalue weighted by Gasteiger charge is 2.17. The van der Waals surface area contributed by atoms with Gasteiger partial charge in [-0.2, -0.15) is 5.26 Å². The summed E-state index contributed by atoms with van der Waals surface area (Å²) in [5, 5.41) is 18.9. The van der Waals surface area contributed by atoms with Crippen LogP contribution in [0.25, 0.3) is 11.1 Å². The lowest BCUT2D eigenvalue weighted by Crippen LogP contribution is -2.15. The van der Waals surface area contributed by atoms with Gasteiger partial charge in [-0.1, -0.05) is 61.4 Å². The van der Waals surface area contributed by atoms with Gasteiger partial charge < -0.3 is 10.8 Å². The van der Waals surface area contributed by atoms with E-state index < -0.39 is 11.9 Å². The minimum Gasteiger partial charge on any atom is -0.478 e. The Morgan fingerprint density at radius 3 is 2.36 bits per heavy atom. The lowest BCUT2D eigenvalue weighted by molar-refractivity contribution is -0.132. The molecule has 2 aromatic carbocycles. The number of aliphatic carboxylic acids is 1. The predicted octanol–water partition coefficient (Wildman–Crippen LogP) is 4.21. The first-order chi connectivity index (χ1) is 13.5. The molecule has 0 aliphatic rings. The molecule has 2 rings (SSSR count). The molecule has 0 fully saturated rings. The van der Waals surface area contributed by atoms with E-state index in [4.69, 9.17) is 5.73 Å². The molecular weight excluding hydrogens is 352 g/mol. The van der Waals surface area contributed by atoms with Gasteiger partial charge in [0.25, 0.3) is 0 Å². The zero-order valence-electron chi connectivity index (χ0n) is 15.9. The van der Waals surface area contributed by atoms with Crippen LogP contribution in [0.4, 0.5) is 0 Å². The highest BCUT2D eigenvalue weighted by atomic mass is 16.4. The van der Waals surface area contributed by atoms with Crippen molar-refractivity contribution >= 4 is 11.9 Å². The van der Waals surface area contributed by atoms with Crippen molar-refractivity contribution in [3.8, 4) is 17.2 Å². The maximum atomic E-state index is 11.8. The maximum absolute atomic E-state index is 11.8. The highest BCUT2D eigenvalue weighted by Crippen LogP contribution is 2.25. The monoisotopic (exact) mass is 376 g/mol. The number of hydrogen-bond donors (Lipinski definition) is 2. The maximum Gasteiger partial charge on any atom is 0.331 e. The van der Waals surface area contributed by atoms with Gasteiger partial charge in [0.05, 0.1) is 11.6 Å². The van der Waals surface area contributed by atoms with E-state index in [-0.39, 0.29) is 18.4 Å². The Labute approximate surface area is 165 Å². The summed E-state index contributed by atoms with van der Waals surface area (Å²) in [4.78, 5) is 23.2. The Balaban J connectivity index is 2.33. The molecule has 0 unspecified atom stereocenters. The van der Waals surface area contributed by atoms with Gasteiger partial charge in [0.2, 0.25) is 5.91 Å². The number of nitrogens with zero attached hydrogens (tertiary/aromatic N) is 1. The highest BCUT2D eigenvalue weighted by molar-refractivity contribution is 5.90. The SMILES string of the molecule is CCCC/C(CC(N)=O)=C(/Cc1ccc(-c2ccccc2C#N)cc1)C(=O)O. The van der Waals surface area contributed by atoms with E-state index in [1.165, 1.54) is 0 Å². The van der Waals surface area contributed by atoms with E-state index in [1.54, 1.807) is 6.07 Å². The van der Waals surface area contributed by atoms with Crippen molar-refractivity contribution in [1.82, 2.24) is 0 Å². The number of carbonyl (C=O) groups is 2. The van der Waals surface area contributed by atoms with Crippen molar-refractivity contribution in [1.29, 1.82) is 5.26 Å². The van der Waals surface area contributed by atoms with E-state index in [2.05, 4.69) is 6.07 Å². The van der Waals surface area contributed by atoms with Crippen LogP contribution in [-0.2, 0) is 16.0 Å². The second kappa shape index (κ2) is 10.1. The van der Waals surface area contributed by atoms with Crippen LogP contribution < -0.4 is 5.73 Å². The molecule has 5 nitrogen and oxygen atoms in total. The van der Waals surface area contributed by atoms with Gasteiger partial charge in [-0.3, -0.25) is 4.79 Å². The molecule has 0 aromatic heterocycles. The molecule has 0 spiro atoms. The normalized spacial score (nSPS) is 11.4. The average molecular weight is 376 g/mol. The van der Waals surface area contributed by atoms with Crippen molar-refractivity contribution in [3.63, 3.8) is 0 Å². The summed E-state index contributed by atoms with van der Waals surface area (Å²) in [6, 6.07) is 17.0. The predicted molar refractivity (Wildman–Crippen MR) is 108 cm³/mol. The van der Waals surface area contributed by atoms with Crippen LogP contribution in [0, 0.1) is 11.3 Å². The molecule has 2 aromatic rings. The lowest BCUT2D eigenvalue weighted by atomic mass is 9.93. The summed E-state index contributed by atoms with van der Waals surface area (Å²) in [5.41, 5.74) is 9.29. The van der Waals surface area contributed by atoms with E-state index in [1.807, 2.05) is 49.4 Å². The van der Waals surface area contributed by atoms with Crippen LogP contribution in [0.2, 0.25) is 0 Å². The third-order valence-corrected chi connectivity index (χ3v) is 4.60. The standard InChI is InChI=1S/C23H24N2O3/c1-2-3-6-18(14-22(25)26)21(23(27)28)13-16-9-11-17(12-10-16)20-8-5-4-7-19(20)15-24/h4-5,7-12H,2-3,6,13-14H2,1H3,(H2,25,26)(H,27,28)/b21-18+. The number of benzene rings is 2. The Morgan fingerprint density at radius 1 is 1.11 bits per heavy atom. The first kappa shape index (κ1) is 20.9. The largest absolute Gasteiger partial charge is 0.478 e. The number of amides is 1. The molecule has 0 saturated heterocycles. The zero-order chi connectivity index (χ0) is 20.5. The van der Waals surface area contributed by atoms with Crippen molar-refractivity contribution in [2.75, 3.05) is 0 Å². The summed E-state index contributed by atoms with van der Waals surface area (Å²) in [7, 11) is 0. The van der Waals surface area contributed by atoms with Crippen molar-refractivity contribution < 1.29 is 14.7 Å². The number of carboxylic acids is 1. The average Bonchev–Trinajstić information content (AvgIpc) is 2.69. The Morgan fingerprint density at radius 2 is 1.79 bits per heavy atom. The molecule has 0 heterocycles. The lowest BCUT2D eigenvalue weighted by Gasteiger charge is -2.12. The quantitative estimate of drug-likeness (QED) is 0.639. The number of unbranched alkanes of at least 4 members (excludes halogenated alkanes) is 1. The summed E-state index contributed by atoms with van der Waals surface area (Å²) < 4.78 is 0. The second-order valence-electron chi connectivity index (χ2n) is 6.66. The van der Waals surface area contributed by atoms with Crippen LogP contribution >= 0.6 is 0 Å². The fraction of sp³-hybridized carbons (Fsp3) is 0.261. The Bertz CT molecular complexity index is 922. The fourth-order valence-corrected chi connectivity index (χ4v) is 3.14. The number of carboxylic acid groups (broad SMARTS) is 1. The summed E-state index contributed by atoms with van der Waals surface area (Å²) in [6.07, 6.45) is 2.46. The molecule has 0 aliphatic heterocycles. The number of hydrogen-bond acceptors (Lipinski definition) is 3. The van der Waals surface area contributed by atoms with Gasteiger partial charge in [-0.05, 0) is 35.6 Å². The minimum absolute atomic E-state index is 0.0325. The molecule has 5 heteroatoms. The topological polar surface area (TPSA) is 104 Å². The number of rotatable bonds is 9. The molecule has 28 heavy (non-hydrogen) atoms. The van der Waals surface area contributed by atoms with E-state index >= 15 is 0 Å². The molecule has 1 amide bonds. The molecule has 0 aliphatic carbocycles. The molecule has 0 atom stereocenters. The number of primary amides is 1. The minimum atomic E-state index is -1.02. The van der Waals surface area contributed by atoms with E-state index in [9.17, 15) is 20.0 Å². The number of nitriles is 1. The van der Waals surface area contributed by atoms with Crippen molar-refractivity contribution in [2.24, 2.45) is 5.73 Å². The van der Waals surface area contributed by atoms with Crippen molar-refractivity contribution in [3.05, 3.63) is 70.8 Å². The van der Waals surface area contributed by atoms with E-state index in [0.29, 0.717) is 17.6 Å². The summed E-state index contributed by atoms with van der Waals surface area (Å²) in [6.45, 7) is 2.01. The van der Waals surface area contributed by atoms with Crippen LogP contribution in [0.1, 0.15) is 43.7 Å². The van der Waals surface area contributed by atoms with Gasteiger partial charge in [-0.25, -0.2) is 4.79 Å². The number of nitrogens with two attached hydrogens (primary N) is 1. The molecule has 3 N–H and O–H groups in total. The first-order valence-electron chi connectivity index (χ1n) is 9.27. The van der Waals surface area contributed by atoms with Gasteiger partial charge in [-0.15, -0.1) is 0 Å². The molecule has 0 bridgehead atoms. The summed E-state index contributed by atoms with van der Waals surface area (Å²) in [5.74, 6) is -1.54. The van der Waals surface area contributed by atoms with Gasteiger partial charge in [0.15, 0.2) is 0 Å². The third-order valence-electron chi connectivity index (χ3n) is 4.60. The Kier molecular flexibility index (Phi) is 7.53. The zero-order valence-corrected chi connectivity index (χ0v) is 15.9. The third kappa shape index (κ3) is 5.55. The fourth-order valence-electron chi connectivity index (χ4n) is 3.14. The smallest absolute Gasteiger partial charge is 0.331 e. The molecule has 0 radical (unpaired) electrons. The van der Waals surface area contributed by atoms with Crippen LogP contribution in [0.5, 0.6) is 0 Å². The van der Waals surface area contributed by atoms with Gasteiger partial charge >= 0.3 is 5.97 Å². The Hall–Kier alpha value is -3.39. The van der Waals surface area contributed by atoms with Crippen LogP contribution in [0.3, 0.4) is 0 Å².